The van der Waals surface area contributed by atoms with Gasteiger partial charge in [-0.15, -0.1) is 0 Å². The molecule has 31 heavy (non-hydrogen) atoms. The monoisotopic (exact) mass is 439 g/mol. The number of methoxy groups -OCH3 is 1. The standard InChI is InChI=1S/C23H22ClN3O4/c1-3-31-23(29)17-8-10-18(11-9-17)26-22(28)20-5-4-14-25-21(20)27(24)15-16-6-12-19(30-2)13-7-16/h4-14H,3,15H2,1-2H3,(H,26,28). The zero-order valence-electron chi connectivity index (χ0n) is 17.2. The maximum absolute atomic E-state index is 12.9. The predicted molar refractivity (Wildman–Crippen MR) is 120 cm³/mol. The molecule has 0 aliphatic rings. The van der Waals surface area contributed by atoms with Crippen molar-refractivity contribution in [3.05, 3.63) is 83.6 Å². The van der Waals surface area contributed by atoms with Gasteiger partial charge in [-0.25, -0.2) is 9.78 Å². The average molecular weight is 440 g/mol. The van der Waals surface area contributed by atoms with E-state index in [0.29, 0.717) is 35.8 Å². The maximum atomic E-state index is 12.9. The molecule has 0 saturated heterocycles. The van der Waals surface area contributed by atoms with Gasteiger partial charge in [0.15, 0.2) is 5.82 Å². The van der Waals surface area contributed by atoms with Crippen LogP contribution in [0.5, 0.6) is 5.75 Å². The Morgan fingerprint density at radius 3 is 2.42 bits per heavy atom. The highest BCUT2D eigenvalue weighted by Gasteiger charge is 2.18. The minimum atomic E-state index is -0.411. The van der Waals surface area contributed by atoms with Gasteiger partial charge in [-0.1, -0.05) is 12.1 Å². The van der Waals surface area contributed by atoms with E-state index in [2.05, 4.69) is 10.3 Å². The number of hydrogen-bond acceptors (Lipinski definition) is 6. The maximum Gasteiger partial charge on any atom is 0.338 e. The molecule has 0 saturated carbocycles. The first-order chi connectivity index (χ1) is 15.0. The second-order valence-corrected chi connectivity index (χ2v) is 6.90. The number of hydrogen-bond donors (Lipinski definition) is 1. The Kier molecular flexibility index (Phi) is 7.45. The van der Waals surface area contributed by atoms with Crippen molar-refractivity contribution in [3.63, 3.8) is 0 Å². The third-order valence-electron chi connectivity index (χ3n) is 4.40. The summed E-state index contributed by atoms with van der Waals surface area (Å²) >= 11 is 6.46. The van der Waals surface area contributed by atoms with Crippen LogP contribution in [0.1, 0.15) is 33.2 Å². The fourth-order valence-corrected chi connectivity index (χ4v) is 3.11. The lowest BCUT2D eigenvalue weighted by molar-refractivity contribution is 0.0526. The number of halogens is 1. The van der Waals surface area contributed by atoms with Crippen LogP contribution in [-0.2, 0) is 11.3 Å². The Hall–Kier alpha value is -3.58. The largest absolute Gasteiger partial charge is 0.497 e. The van der Waals surface area contributed by atoms with Crippen molar-refractivity contribution >= 4 is 35.2 Å². The molecule has 3 aromatic rings. The van der Waals surface area contributed by atoms with Crippen LogP contribution in [0.2, 0.25) is 0 Å². The first-order valence-corrected chi connectivity index (χ1v) is 9.95. The molecule has 0 aliphatic carbocycles. The smallest absolute Gasteiger partial charge is 0.338 e. The number of carbonyl (C=O) groups is 2. The molecule has 0 atom stereocenters. The van der Waals surface area contributed by atoms with E-state index in [-0.39, 0.29) is 5.91 Å². The van der Waals surface area contributed by atoms with Gasteiger partial charge in [-0.2, -0.15) is 0 Å². The lowest BCUT2D eigenvalue weighted by Crippen LogP contribution is -2.19. The van der Waals surface area contributed by atoms with Gasteiger partial charge >= 0.3 is 5.97 Å². The summed E-state index contributed by atoms with van der Waals surface area (Å²) in [5, 5.41) is 2.80. The van der Waals surface area contributed by atoms with Gasteiger partial charge in [0.2, 0.25) is 0 Å². The van der Waals surface area contributed by atoms with Crippen molar-refractivity contribution in [1.82, 2.24) is 4.98 Å². The van der Waals surface area contributed by atoms with Gasteiger partial charge in [-0.3, -0.25) is 9.21 Å². The SMILES string of the molecule is CCOC(=O)c1ccc(NC(=O)c2cccnc2N(Cl)Cc2ccc(OC)cc2)cc1. The third kappa shape index (κ3) is 5.73. The number of nitrogens with zero attached hydrogens (tertiary/aromatic N) is 2. The van der Waals surface area contributed by atoms with E-state index in [1.165, 1.54) is 4.42 Å². The topological polar surface area (TPSA) is 80.8 Å². The lowest BCUT2D eigenvalue weighted by atomic mass is 10.2. The summed E-state index contributed by atoms with van der Waals surface area (Å²) in [6.07, 6.45) is 1.57. The van der Waals surface area contributed by atoms with E-state index in [9.17, 15) is 9.59 Å². The highest BCUT2D eigenvalue weighted by Crippen LogP contribution is 2.24. The van der Waals surface area contributed by atoms with E-state index >= 15 is 0 Å². The molecule has 160 valence electrons. The van der Waals surface area contributed by atoms with E-state index in [1.807, 2.05) is 24.3 Å². The molecule has 8 heteroatoms. The molecule has 7 nitrogen and oxygen atoms in total. The number of nitrogens with one attached hydrogen (secondary N) is 1. The molecule has 1 aromatic heterocycles. The van der Waals surface area contributed by atoms with Crippen LogP contribution < -0.4 is 14.5 Å². The minimum absolute atomic E-state index is 0.298. The van der Waals surface area contributed by atoms with Crippen molar-refractivity contribution in [2.45, 2.75) is 13.5 Å². The highest BCUT2D eigenvalue weighted by molar-refractivity contribution is 6.26. The van der Waals surface area contributed by atoms with Crippen LogP contribution in [0.3, 0.4) is 0 Å². The number of carbonyl (C=O) groups excluding carboxylic acids is 2. The second kappa shape index (κ2) is 10.4. The lowest BCUT2D eigenvalue weighted by Gasteiger charge is -2.18. The molecule has 0 spiro atoms. The zero-order valence-corrected chi connectivity index (χ0v) is 17.9. The zero-order chi connectivity index (χ0) is 22.2. The van der Waals surface area contributed by atoms with Gasteiger partial charge in [0, 0.05) is 23.7 Å². The van der Waals surface area contributed by atoms with Crippen molar-refractivity contribution < 1.29 is 19.1 Å². The number of rotatable bonds is 8. The number of anilines is 2. The normalized spacial score (nSPS) is 10.3. The third-order valence-corrected chi connectivity index (χ3v) is 4.68. The average Bonchev–Trinajstić information content (AvgIpc) is 2.80. The number of esters is 1. The van der Waals surface area contributed by atoms with Crippen molar-refractivity contribution in [3.8, 4) is 5.75 Å². The molecular formula is C23H22ClN3O4. The van der Waals surface area contributed by atoms with Gasteiger partial charge in [0.25, 0.3) is 5.91 Å². The fourth-order valence-electron chi connectivity index (χ4n) is 2.84. The van der Waals surface area contributed by atoms with E-state index in [1.54, 1.807) is 56.6 Å². The van der Waals surface area contributed by atoms with Crippen LogP contribution in [0, 0.1) is 0 Å². The van der Waals surface area contributed by atoms with Crippen molar-refractivity contribution in [2.75, 3.05) is 23.5 Å². The van der Waals surface area contributed by atoms with Crippen LogP contribution in [0.4, 0.5) is 11.5 Å². The summed E-state index contributed by atoms with van der Waals surface area (Å²) in [7, 11) is 1.60. The first kappa shape index (κ1) is 22.1. The summed E-state index contributed by atoms with van der Waals surface area (Å²) in [6.45, 7) is 2.39. The van der Waals surface area contributed by atoms with Gasteiger partial charge in [0.1, 0.15) is 5.75 Å². The quantitative estimate of drug-likeness (QED) is 0.405. The Balaban J connectivity index is 1.72. The second-order valence-electron chi connectivity index (χ2n) is 6.49. The van der Waals surface area contributed by atoms with Gasteiger partial charge in [0.05, 0.1) is 31.4 Å². The molecule has 0 fully saturated rings. The van der Waals surface area contributed by atoms with Crippen molar-refractivity contribution in [2.24, 2.45) is 0 Å². The predicted octanol–water partition coefficient (Wildman–Crippen LogP) is 4.68. The summed E-state index contributed by atoms with van der Waals surface area (Å²) in [5.41, 5.74) is 2.19. The number of benzene rings is 2. The summed E-state index contributed by atoms with van der Waals surface area (Å²) < 4.78 is 11.5. The van der Waals surface area contributed by atoms with Crippen LogP contribution in [-0.4, -0.2) is 30.6 Å². The van der Waals surface area contributed by atoms with Crippen molar-refractivity contribution in [1.29, 1.82) is 0 Å². The Labute approximate surface area is 185 Å². The molecule has 0 aliphatic heterocycles. The van der Waals surface area contributed by atoms with Crippen LogP contribution in [0.25, 0.3) is 0 Å². The molecule has 0 radical (unpaired) electrons. The van der Waals surface area contributed by atoms with E-state index in [4.69, 9.17) is 21.3 Å². The summed E-state index contributed by atoms with van der Waals surface area (Å²) in [5.74, 6) is 0.302. The Morgan fingerprint density at radius 2 is 1.77 bits per heavy atom. The Bertz CT molecular complexity index is 1040. The molecule has 0 bridgehead atoms. The Morgan fingerprint density at radius 1 is 1.06 bits per heavy atom. The van der Waals surface area contributed by atoms with E-state index in [0.717, 1.165) is 11.3 Å². The number of pyridine rings is 1. The minimum Gasteiger partial charge on any atom is -0.497 e. The molecular weight excluding hydrogens is 418 g/mol. The fraction of sp³-hybridized carbons (Fsp3) is 0.174. The molecule has 1 amide bonds. The van der Waals surface area contributed by atoms with Gasteiger partial charge in [-0.05, 0) is 61.0 Å². The van der Waals surface area contributed by atoms with Crippen LogP contribution in [0.15, 0.2) is 66.9 Å². The number of amides is 1. The molecule has 1 N–H and O–H groups in total. The molecule has 2 aromatic carbocycles. The molecule has 3 rings (SSSR count). The van der Waals surface area contributed by atoms with E-state index < -0.39 is 5.97 Å². The molecule has 1 heterocycles. The molecule has 0 unspecified atom stereocenters. The van der Waals surface area contributed by atoms with Crippen LogP contribution >= 0.6 is 11.8 Å². The summed E-state index contributed by atoms with van der Waals surface area (Å²) in [4.78, 5) is 28.9. The first-order valence-electron chi connectivity index (χ1n) is 9.61. The number of ether oxygens (including phenoxy) is 2. The van der Waals surface area contributed by atoms with Gasteiger partial charge < -0.3 is 14.8 Å². The summed E-state index contributed by atoms with van der Waals surface area (Å²) in [6, 6.07) is 17.2. The highest BCUT2D eigenvalue weighted by atomic mass is 35.5. The number of aromatic nitrogens is 1.